The second kappa shape index (κ2) is 4.75. The van der Waals surface area contributed by atoms with Crippen LogP contribution in [0.15, 0.2) is 24.3 Å². The van der Waals surface area contributed by atoms with Gasteiger partial charge in [-0.05, 0) is 35.3 Å². The van der Waals surface area contributed by atoms with Crippen molar-refractivity contribution in [3.05, 3.63) is 35.4 Å². The van der Waals surface area contributed by atoms with Crippen molar-refractivity contribution in [3.63, 3.8) is 0 Å². The quantitative estimate of drug-likeness (QED) is 0.744. The fourth-order valence-electron chi connectivity index (χ4n) is 2.50. The Bertz CT molecular complexity index is 419. The average Bonchev–Trinajstić information content (AvgIpc) is 2.26. The highest BCUT2D eigenvalue weighted by Gasteiger charge is 2.36. The van der Waals surface area contributed by atoms with Crippen LogP contribution in [-0.2, 0) is 14.9 Å². The maximum absolute atomic E-state index is 11.3. The molecule has 0 unspecified atom stereocenters. The van der Waals surface area contributed by atoms with Gasteiger partial charge < -0.3 is 4.74 Å². The number of methoxy groups -OCH3 is 1. The van der Waals surface area contributed by atoms with Crippen LogP contribution in [0.5, 0.6) is 0 Å². The zero-order valence-electron chi connectivity index (χ0n) is 11.7. The second-order valence-corrected chi connectivity index (χ2v) is 6.26. The number of hydrogen-bond donors (Lipinski definition) is 0. The third-order valence-corrected chi connectivity index (χ3v) is 3.92. The van der Waals surface area contributed by atoms with Crippen LogP contribution >= 0.6 is 0 Å². The minimum absolute atomic E-state index is 0.0578. The highest BCUT2D eigenvalue weighted by atomic mass is 16.5. The largest absolute Gasteiger partial charge is 0.469 e. The van der Waals surface area contributed by atoms with Crippen LogP contribution in [0.3, 0.4) is 0 Å². The van der Waals surface area contributed by atoms with Gasteiger partial charge in [-0.2, -0.15) is 0 Å². The first-order valence-electron chi connectivity index (χ1n) is 6.60. The molecule has 2 nitrogen and oxygen atoms in total. The van der Waals surface area contributed by atoms with Gasteiger partial charge in [0.05, 0.1) is 13.0 Å². The van der Waals surface area contributed by atoms with Crippen molar-refractivity contribution in [2.45, 2.75) is 44.9 Å². The van der Waals surface area contributed by atoms with E-state index in [0.717, 1.165) is 12.8 Å². The molecule has 1 saturated carbocycles. The first-order chi connectivity index (χ1) is 8.41. The van der Waals surface area contributed by atoms with Crippen molar-refractivity contribution >= 4 is 5.97 Å². The van der Waals surface area contributed by atoms with Crippen molar-refractivity contribution in [1.29, 1.82) is 0 Å². The molecule has 0 bridgehead atoms. The molecule has 0 saturated heterocycles. The van der Waals surface area contributed by atoms with Crippen LogP contribution in [0.25, 0.3) is 0 Å². The van der Waals surface area contributed by atoms with Gasteiger partial charge in [-0.25, -0.2) is 0 Å². The first kappa shape index (κ1) is 13.1. The third kappa shape index (κ3) is 2.58. The van der Waals surface area contributed by atoms with Gasteiger partial charge >= 0.3 is 5.97 Å². The predicted molar refractivity (Wildman–Crippen MR) is 72.6 cm³/mol. The average molecular weight is 246 g/mol. The lowest BCUT2D eigenvalue weighted by Crippen LogP contribution is -2.29. The molecule has 1 aliphatic carbocycles. The van der Waals surface area contributed by atoms with Crippen molar-refractivity contribution in [2.24, 2.45) is 5.92 Å². The Balaban J connectivity index is 1.99. The summed E-state index contributed by atoms with van der Waals surface area (Å²) in [5, 5.41) is 0. The van der Waals surface area contributed by atoms with Gasteiger partial charge in [0.1, 0.15) is 0 Å². The summed E-state index contributed by atoms with van der Waals surface area (Å²) in [7, 11) is 1.47. The lowest BCUT2D eigenvalue weighted by atomic mass is 9.71. The Kier molecular flexibility index (Phi) is 3.47. The van der Waals surface area contributed by atoms with Crippen molar-refractivity contribution in [3.8, 4) is 0 Å². The van der Waals surface area contributed by atoms with Gasteiger partial charge in [0.15, 0.2) is 0 Å². The molecule has 98 valence electrons. The summed E-state index contributed by atoms with van der Waals surface area (Å²) in [6.07, 6.45) is 1.86. The van der Waals surface area contributed by atoms with E-state index >= 15 is 0 Å². The van der Waals surface area contributed by atoms with Crippen LogP contribution in [0.1, 0.15) is 50.7 Å². The van der Waals surface area contributed by atoms with Gasteiger partial charge in [-0.15, -0.1) is 0 Å². The van der Waals surface area contributed by atoms with Crippen molar-refractivity contribution < 1.29 is 9.53 Å². The van der Waals surface area contributed by atoms with Gasteiger partial charge in [-0.3, -0.25) is 4.79 Å². The van der Waals surface area contributed by atoms with Gasteiger partial charge in [0, 0.05) is 0 Å². The molecule has 2 rings (SSSR count). The monoisotopic (exact) mass is 246 g/mol. The molecule has 0 spiro atoms. The molecular weight excluding hydrogens is 224 g/mol. The van der Waals surface area contributed by atoms with E-state index in [-0.39, 0.29) is 17.3 Å². The molecule has 1 aromatic rings. The number of benzene rings is 1. The van der Waals surface area contributed by atoms with Gasteiger partial charge in [-0.1, -0.05) is 45.0 Å². The number of esters is 1. The maximum Gasteiger partial charge on any atom is 0.308 e. The van der Waals surface area contributed by atoms with E-state index in [0.29, 0.717) is 5.92 Å². The standard InChI is InChI=1S/C16H22O2/c1-16(2,3)14-7-5-11(6-8-14)12-9-13(10-12)15(17)18-4/h5-8,12-13H,9-10H2,1-4H3. The van der Waals surface area contributed by atoms with E-state index in [1.165, 1.54) is 18.2 Å². The molecule has 0 N–H and O–H groups in total. The Morgan fingerprint density at radius 2 is 1.72 bits per heavy atom. The molecule has 1 fully saturated rings. The number of rotatable bonds is 2. The van der Waals surface area contributed by atoms with Crippen LogP contribution < -0.4 is 0 Å². The Labute approximate surface area is 109 Å². The van der Waals surface area contributed by atoms with Crippen molar-refractivity contribution in [2.75, 3.05) is 7.11 Å². The highest BCUT2D eigenvalue weighted by molar-refractivity contribution is 5.73. The topological polar surface area (TPSA) is 26.3 Å². The van der Waals surface area contributed by atoms with Gasteiger partial charge in [0.25, 0.3) is 0 Å². The number of carbonyl (C=O) groups is 1. The minimum atomic E-state index is -0.0578. The summed E-state index contributed by atoms with van der Waals surface area (Å²) in [4.78, 5) is 11.3. The summed E-state index contributed by atoms with van der Waals surface area (Å²) in [6.45, 7) is 6.66. The molecule has 0 amide bonds. The van der Waals surface area contributed by atoms with Gasteiger partial charge in [0.2, 0.25) is 0 Å². The summed E-state index contributed by atoms with van der Waals surface area (Å²) < 4.78 is 4.76. The molecule has 18 heavy (non-hydrogen) atoms. The Morgan fingerprint density at radius 1 is 1.17 bits per heavy atom. The Hall–Kier alpha value is -1.31. The summed E-state index contributed by atoms with van der Waals surface area (Å²) in [6, 6.07) is 8.83. The normalized spacial score (nSPS) is 23.3. The number of carbonyl (C=O) groups excluding carboxylic acids is 1. The highest BCUT2D eigenvalue weighted by Crippen LogP contribution is 2.42. The van der Waals surface area contributed by atoms with Crippen LogP contribution in [0.2, 0.25) is 0 Å². The number of hydrogen-bond acceptors (Lipinski definition) is 2. The fourth-order valence-corrected chi connectivity index (χ4v) is 2.50. The molecule has 1 aliphatic rings. The van der Waals surface area contributed by atoms with E-state index in [1.54, 1.807) is 0 Å². The zero-order valence-corrected chi connectivity index (χ0v) is 11.7. The first-order valence-corrected chi connectivity index (χ1v) is 6.60. The third-order valence-electron chi connectivity index (χ3n) is 3.92. The zero-order chi connectivity index (χ0) is 13.3. The molecule has 0 aromatic heterocycles. The molecule has 2 heteroatoms. The van der Waals surface area contributed by atoms with E-state index in [9.17, 15) is 4.79 Å². The molecule has 0 atom stereocenters. The molecule has 1 aromatic carbocycles. The SMILES string of the molecule is COC(=O)C1CC(c2ccc(C(C)(C)C)cc2)C1. The summed E-state index contributed by atoms with van der Waals surface area (Å²) >= 11 is 0. The van der Waals surface area contributed by atoms with E-state index < -0.39 is 0 Å². The molecule has 0 heterocycles. The predicted octanol–water partition coefficient (Wildman–Crippen LogP) is 3.65. The molecule has 0 aliphatic heterocycles. The van der Waals surface area contributed by atoms with E-state index in [1.807, 2.05) is 0 Å². The molecule has 0 radical (unpaired) electrons. The van der Waals surface area contributed by atoms with Crippen LogP contribution in [0.4, 0.5) is 0 Å². The second-order valence-electron chi connectivity index (χ2n) is 6.26. The lowest BCUT2D eigenvalue weighted by Gasteiger charge is -2.33. The van der Waals surface area contributed by atoms with Crippen molar-refractivity contribution in [1.82, 2.24) is 0 Å². The fraction of sp³-hybridized carbons (Fsp3) is 0.562. The van der Waals surface area contributed by atoms with Crippen LogP contribution in [0, 0.1) is 5.92 Å². The summed E-state index contributed by atoms with van der Waals surface area (Å²) in [5.74, 6) is 0.586. The lowest BCUT2D eigenvalue weighted by molar-refractivity contribution is -0.148. The smallest absolute Gasteiger partial charge is 0.308 e. The van der Waals surface area contributed by atoms with E-state index in [2.05, 4.69) is 45.0 Å². The Morgan fingerprint density at radius 3 is 2.17 bits per heavy atom. The van der Waals surface area contributed by atoms with Crippen LogP contribution in [-0.4, -0.2) is 13.1 Å². The number of ether oxygens (including phenoxy) is 1. The maximum atomic E-state index is 11.3. The minimum Gasteiger partial charge on any atom is -0.469 e. The van der Waals surface area contributed by atoms with E-state index in [4.69, 9.17) is 4.74 Å². The summed E-state index contributed by atoms with van der Waals surface area (Å²) in [5.41, 5.74) is 2.91. The molecular formula is C16H22O2.